The van der Waals surface area contributed by atoms with Gasteiger partial charge in [-0.3, -0.25) is 4.79 Å². The molecule has 1 heterocycles. The summed E-state index contributed by atoms with van der Waals surface area (Å²) in [6.07, 6.45) is 2.18. The fourth-order valence-electron chi connectivity index (χ4n) is 1.35. The molecule has 0 spiro atoms. The molecule has 0 radical (unpaired) electrons. The number of hydrogen-bond donors (Lipinski definition) is 2. The molecule has 0 aliphatic rings. The van der Waals surface area contributed by atoms with Crippen LogP contribution in [0.15, 0.2) is 22.8 Å². The number of amides is 1. The van der Waals surface area contributed by atoms with Gasteiger partial charge in [-0.1, -0.05) is 26.1 Å². The fraction of sp³-hybridized carbons (Fsp3) is 0.455. The number of nitrogens with two attached hydrogens (primary N) is 1. The Bertz CT molecular complexity index is 360. The molecule has 1 aromatic heterocycles. The number of carbonyl (C=O) groups is 1. The molecule has 3 N–H and O–H groups in total. The molecule has 0 bridgehead atoms. The highest BCUT2D eigenvalue weighted by Crippen LogP contribution is 2.07. The first kappa shape index (κ1) is 12.7. The summed E-state index contributed by atoms with van der Waals surface area (Å²) in [7, 11) is 0. The molecule has 1 atom stereocenters. The standard InChI is InChI=1S/C11H16N2O2S/c1-7(2)6-8(10(12)16)13-11(14)9-4-3-5-15-9/h3-5,7-8H,6H2,1-2H3,(H2,12,16)(H,13,14). The molecule has 1 amide bonds. The summed E-state index contributed by atoms with van der Waals surface area (Å²) in [5.74, 6) is 0.386. The third-order valence-corrected chi connectivity index (χ3v) is 2.39. The molecule has 0 aliphatic heterocycles. The van der Waals surface area contributed by atoms with Crippen LogP contribution in [0, 0.1) is 5.92 Å². The molecular weight excluding hydrogens is 224 g/mol. The Kier molecular flexibility index (Phi) is 4.49. The zero-order chi connectivity index (χ0) is 12.1. The van der Waals surface area contributed by atoms with Crippen LogP contribution in [0.5, 0.6) is 0 Å². The van der Waals surface area contributed by atoms with Crippen LogP contribution in [0.25, 0.3) is 0 Å². The largest absolute Gasteiger partial charge is 0.459 e. The van der Waals surface area contributed by atoms with Crippen molar-refractivity contribution < 1.29 is 9.21 Å². The Morgan fingerprint density at radius 2 is 2.31 bits per heavy atom. The van der Waals surface area contributed by atoms with E-state index in [0.717, 1.165) is 6.42 Å². The van der Waals surface area contributed by atoms with Crippen molar-refractivity contribution in [2.75, 3.05) is 0 Å². The lowest BCUT2D eigenvalue weighted by molar-refractivity contribution is 0.0916. The van der Waals surface area contributed by atoms with Crippen LogP contribution in [0.2, 0.25) is 0 Å². The van der Waals surface area contributed by atoms with Crippen molar-refractivity contribution in [2.24, 2.45) is 11.7 Å². The Hall–Kier alpha value is -1.36. The van der Waals surface area contributed by atoms with Gasteiger partial charge in [-0.15, -0.1) is 0 Å². The molecular formula is C11H16N2O2S. The molecule has 0 fully saturated rings. The van der Waals surface area contributed by atoms with Gasteiger partial charge in [0.25, 0.3) is 5.91 Å². The van der Waals surface area contributed by atoms with Gasteiger partial charge in [0.1, 0.15) is 0 Å². The summed E-state index contributed by atoms with van der Waals surface area (Å²) in [6, 6.07) is 2.97. The summed E-state index contributed by atoms with van der Waals surface area (Å²) >= 11 is 4.92. The molecule has 5 heteroatoms. The topological polar surface area (TPSA) is 68.3 Å². The number of hydrogen-bond acceptors (Lipinski definition) is 3. The monoisotopic (exact) mass is 240 g/mol. The maximum Gasteiger partial charge on any atom is 0.287 e. The summed E-state index contributed by atoms with van der Waals surface area (Å²) < 4.78 is 4.98. The minimum absolute atomic E-state index is 0.269. The van der Waals surface area contributed by atoms with Crippen LogP contribution in [0.3, 0.4) is 0 Å². The van der Waals surface area contributed by atoms with Gasteiger partial charge < -0.3 is 15.5 Å². The summed E-state index contributed by atoms with van der Waals surface area (Å²) in [4.78, 5) is 12.0. The maximum absolute atomic E-state index is 11.7. The number of thiocarbonyl (C=S) groups is 1. The number of rotatable bonds is 5. The van der Waals surface area contributed by atoms with Crippen LogP contribution >= 0.6 is 12.2 Å². The van der Waals surface area contributed by atoms with Crippen LogP contribution in [0.4, 0.5) is 0 Å². The lowest BCUT2D eigenvalue weighted by Gasteiger charge is -2.18. The van der Waals surface area contributed by atoms with Gasteiger partial charge in [0.15, 0.2) is 5.76 Å². The van der Waals surface area contributed by atoms with Gasteiger partial charge in [-0.25, -0.2) is 0 Å². The van der Waals surface area contributed by atoms with Gasteiger partial charge in [-0.05, 0) is 24.5 Å². The summed E-state index contributed by atoms with van der Waals surface area (Å²) in [5.41, 5.74) is 5.57. The van der Waals surface area contributed by atoms with E-state index in [9.17, 15) is 4.79 Å². The van der Waals surface area contributed by atoms with E-state index in [4.69, 9.17) is 22.4 Å². The Labute approximate surface area is 100 Å². The fourth-order valence-corrected chi connectivity index (χ4v) is 1.51. The second-order valence-electron chi connectivity index (χ2n) is 4.04. The summed E-state index contributed by atoms with van der Waals surface area (Å²) in [6.45, 7) is 4.09. The van der Waals surface area contributed by atoms with E-state index in [1.807, 2.05) is 13.8 Å². The van der Waals surface area contributed by atoms with Crippen molar-refractivity contribution in [2.45, 2.75) is 26.3 Å². The highest BCUT2D eigenvalue weighted by Gasteiger charge is 2.18. The minimum atomic E-state index is -0.288. The molecule has 1 aromatic rings. The molecule has 1 unspecified atom stereocenters. The average Bonchev–Trinajstić information content (AvgIpc) is 2.68. The van der Waals surface area contributed by atoms with Crippen LogP contribution in [-0.2, 0) is 0 Å². The van der Waals surface area contributed by atoms with Gasteiger partial charge >= 0.3 is 0 Å². The minimum Gasteiger partial charge on any atom is -0.459 e. The first-order chi connectivity index (χ1) is 7.50. The quantitative estimate of drug-likeness (QED) is 0.769. The molecule has 0 saturated carbocycles. The molecule has 0 aromatic carbocycles. The van der Waals surface area contributed by atoms with Crippen molar-refractivity contribution in [3.05, 3.63) is 24.2 Å². The lowest BCUT2D eigenvalue weighted by Crippen LogP contribution is -2.44. The highest BCUT2D eigenvalue weighted by atomic mass is 32.1. The van der Waals surface area contributed by atoms with E-state index >= 15 is 0 Å². The van der Waals surface area contributed by atoms with Crippen LogP contribution in [0.1, 0.15) is 30.8 Å². The maximum atomic E-state index is 11.7. The third kappa shape index (κ3) is 3.66. The zero-order valence-electron chi connectivity index (χ0n) is 9.40. The molecule has 4 nitrogen and oxygen atoms in total. The predicted molar refractivity (Wildman–Crippen MR) is 66.2 cm³/mol. The number of furan rings is 1. The normalized spacial score (nSPS) is 12.4. The average molecular weight is 240 g/mol. The SMILES string of the molecule is CC(C)CC(NC(=O)c1ccco1)C(N)=S. The predicted octanol–water partition coefficient (Wildman–Crippen LogP) is 1.71. The van der Waals surface area contributed by atoms with Crippen molar-refractivity contribution >= 4 is 23.1 Å². The Morgan fingerprint density at radius 3 is 2.75 bits per heavy atom. The highest BCUT2D eigenvalue weighted by molar-refractivity contribution is 7.80. The van der Waals surface area contributed by atoms with Gasteiger partial charge in [0, 0.05) is 0 Å². The zero-order valence-corrected chi connectivity index (χ0v) is 10.2. The number of carbonyl (C=O) groups excluding carboxylic acids is 1. The molecule has 0 aliphatic carbocycles. The number of nitrogens with one attached hydrogen (secondary N) is 1. The Balaban J connectivity index is 2.62. The van der Waals surface area contributed by atoms with E-state index < -0.39 is 0 Å². The second kappa shape index (κ2) is 5.65. The van der Waals surface area contributed by atoms with E-state index in [0.29, 0.717) is 10.9 Å². The van der Waals surface area contributed by atoms with E-state index in [2.05, 4.69) is 5.32 Å². The smallest absolute Gasteiger partial charge is 0.287 e. The first-order valence-corrected chi connectivity index (χ1v) is 5.55. The van der Waals surface area contributed by atoms with Crippen molar-refractivity contribution in [3.63, 3.8) is 0 Å². The lowest BCUT2D eigenvalue weighted by atomic mass is 10.0. The third-order valence-electron chi connectivity index (χ3n) is 2.10. The summed E-state index contributed by atoms with van der Waals surface area (Å²) in [5, 5.41) is 2.75. The van der Waals surface area contributed by atoms with Crippen molar-refractivity contribution in [3.8, 4) is 0 Å². The van der Waals surface area contributed by atoms with Gasteiger partial charge in [0.2, 0.25) is 0 Å². The molecule has 0 saturated heterocycles. The van der Waals surface area contributed by atoms with Gasteiger partial charge in [0.05, 0.1) is 17.3 Å². The first-order valence-electron chi connectivity index (χ1n) is 5.14. The molecule has 1 rings (SSSR count). The Morgan fingerprint density at radius 1 is 1.62 bits per heavy atom. The van der Waals surface area contributed by atoms with Crippen molar-refractivity contribution in [1.29, 1.82) is 0 Å². The van der Waals surface area contributed by atoms with Gasteiger partial charge in [-0.2, -0.15) is 0 Å². The van der Waals surface area contributed by atoms with Crippen LogP contribution < -0.4 is 11.1 Å². The second-order valence-corrected chi connectivity index (χ2v) is 4.51. The van der Waals surface area contributed by atoms with Crippen molar-refractivity contribution in [1.82, 2.24) is 5.32 Å². The molecule has 88 valence electrons. The van der Waals surface area contributed by atoms with E-state index in [1.54, 1.807) is 12.1 Å². The van der Waals surface area contributed by atoms with E-state index in [1.165, 1.54) is 6.26 Å². The van der Waals surface area contributed by atoms with Crippen LogP contribution in [-0.4, -0.2) is 16.9 Å². The molecule has 16 heavy (non-hydrogen) atoms. The van der Waals surface area contributed by atoms with E-state index in [-0.39, 0.29) is 17.7 Å².